The predicted octanol–water partition coefficient (Wildman–Crippen LogP) is 3.62. The van der Waals surface area contributed by atoms with Crippen LogP contribution in [0.2, 0.25) is 0 Å². The fraction of sp³-hybridized carbons (Fsp3) is 0.250. The van der Waals surface area contributed by atoms with Gasteiger partial charge in [0.2, 0.25) is 0 Å². The van der Waals surface area contributed by atoms with Crippen molar-refractivity contribution < 1.29 is 4.74 Å². The Morgan fingerprint density at radius 2 is 1.95 bits per heavy atom. The highest BCUT2D eigenvalue weighted by molar-refractivity contribution is 7.99. The minimum atomic E-state index is 0.551. The zero-order valence-electron chi connectivity index (χ0n) is 11.1. The molecular formula is C16H19NOS. The Kier molecular flexibility index (Phi) is 5.31. The molecule has 0 aliphatic heterocycles. The summed E-state index contributed by atoms with van der Waals surface area (Å²) in [7, 11) is 0. The van der Waals surface area contributed by atoms with Crippen LogP contribution in [0.3, 0.4) is 0 Å². The van der Waals surface area contributed by atoms with Crippen LogP contribution >= 0.6 is 11.8 Å². The Morgan fingerprint density at radius 3 is 2.74 bits per heavy atom. The smallest absolute Gasteiger partial charge is 0.119 e. The van der Waals surface area contributed by atoms with Crippen molar-refractivity contribution in [3.63, 3.8) is 0 Å². The Hall–Kier alpha value is -1.45. The maximum absolute atomic E-state index is 5.73. The van der Waals surface area contributed by atoms with Crippen LogP contribution in [-0.4, -0.2) is 12.4 Å². The average Bonchev–Trinajstić information content (AvgIpc) is 2.45. The third-order valence-corrected chi connectivity index (χ3v) is 3.98. The minimum Gasteiger partial charge on any atom is -0.493 e. The maximum Gasteiger partial charge on any atom is 0.119 e. The second-order valence-electron chi connectivity index (χ2n) is 4.31. The van der Waals surface area contributed by atoms with Crippen LogP contribution in [0.15, 0.2) is 53.4 Å². The van der Waals surface area contributed by atoms with E-state index in [9.17, 15) is 0 Å². The lowest BCUT2D eigenvalue weighted by molar-refractivity contribution is 0.343. The van der Waals surface area contributed by atoms with Gasteiger partial charge in [-0.1, -0.05) is 30.3 Å². The largest absolute Gasteiger partial charge is 0.493 e. The third kappa shape index (κ3) is 4.30. The molecule has 2 N–H and O–H groups in total. The summed E-state index contributed by atoms with van der Waals surface area (Å²) in [6.07, 6.45) is 0. The van der Waals surface area contributed by atoms with Crippen LogP contribution in [0.5, 0.6) is 5.75 Å². The van der Waals surface area contributed by atoms with Gasteiger partial charge in [0, 0.05) is 17.2 Å². The van der Waals surface area contributed by atoms with Gasteiger partial charge >= 0.3 is 0 Å². The summed E-state index contributed by atoms with van der Waals surface area (Å²) in [5.74, 6) is 1.84. The topological polar surface area (TPSA) is 35.2 Å². The summed E-state index contributed by atoms with van der Waals surface area (Å²) >= 11 is 1.83. The van der Waals surface area contributed by atoms with E-state index in [0.717, 1.165) is 17.1 Å². The van der Waals surface area contributed by atoms with E-state index in [4.69, 9.17) is 10.5 Å². The lowest BCUT2D eigenvalue weighted by atomic mass is 10.2. The molecule has 19 heavy (non-hydrogen) atoms. The Labute approximate surface area is 119 Å². The number of benzene rings is 2. The van der Waals surface area contributed by atoms with E-state index in [1.54, 1.807) is 0 Å². The first kappa shape index (κ1) is 14.0. The molecule has 0 fully saturated rings. The van der Waals surface area contributed by atoms with Crippen LogP contribution < -0.4 is 10.5 Å². The van der Waals surface area contributed by atoms with Gasteiger partial charge in [0.05, 0.1) is 6.61 Å². The monoisotopic (exact) mass is 273 g/mol. The number of hydrogen-bond donors (Lipinski definition) is 1. The van der Waals surface area contributed by atoms with E-state index < -0.39 is 0 Å². The molecule has 3 heteroatoms. The Morgan fingerprint density at radius 1 is 1.11 bits per heavy atom. The van der Waals surface area contributed by atoms with Crippen molar-refractivity contribution in [2.45, 2.75) is 18.4 Å². The molecule has 0 heterocycles. The molecule has 0 amide bonds. The third-order valence-electron chi connectivity index (χ3n) is 2.84. The lowest BCUT2D eigenvalue weighted by Crippen LogP contribution is -2.02. The molecule has 0 aliphatic carbocycles. The van der Waals surface area contributed by atoms with Gasteiger partial charge in [-0.15, -0.1) is 11.8 Å². The summed E-state index contributed by atoms with van der Waals surface area (Å²) in [6.45, 7) is 3.39. The fourth-order valence-electron chi connectivity index (χ4n) is 1.79. The SMILES string of the molecule is Cc1ccccc1SCCOc1cccc(CN)c1. The second kappa shape index (κ2) is 7.22. The van der Waals surface area contributed by atoms with E-state index in [1.165, 1.54) is 10.5 Å². The minimum absolute atomic E-state index is 0.551. The van der Waals surface area contributed by atoms with Gasteiger partial charge in [-0.05, 0) is 36.2 Å². The first-order chi connectivity index (χ1) is 9.29. The van der Waals surface area contributed by atoms with Crippen molar-refractivity contribution in [1.29, 1.82) is 0 Å². The first-order valence-corrected chi connectivity index (χ1v) is 7.38. The molecule has 100 valence electrons. The molecule has 2 aromatic carbocycles. The van der Waals surface area contributed by atoms with Crippen molar-refractivity contribution in [2.24, 2.45) is 5.73 Å². The Bertz CT molecular complexity index is 528. The van der Waals surface area contributed by atoms with Gasteiger partial charge in [0.15, 0.2) is 0 Å². The highest BCUT2D eigenvalue weighted by atomic mass is 32.2. The van der Waals surface area contributed by atoms with Crippen LogP contribution in [0.4, 0.5) is 0 Å². The van der Waals surface area contributed by atoms with Crippen molar-refractivity contribution >= 4 is 11.8 Å². The molecule has 0 radical (unpaired) electrons. The van der Waals surface area contributed by atoms with Crippen molar-refractivity contribution in [2.75, 3.05) is 12.4 Å². The highest BCUT2D eigenvalue weighted by Crippen LogP contribution is 2.22. The van der Waals surface area contributed by atoms with Crippen molar-refractivity contribution in [1.82, 2.24) is 0 Å². The summed E-state index contributed by atoms with van der Waals surface area (Å²) in [6, 6.07) is 16.4. The van der Waals surface area contributed by atoms with Gasteiger partial charge in [-0.3, -0.25) is 0 Å². The first-order valence-electron chi connectivity index (χ1n) is 6.40. The normalized spacial score (nSPS) is 10.4. The predicted molar refractivity (Wildman–Crippen MR) is 81.7 cm³/mol. The zero-order valence-corrected chi connectivity index (χ0v) is 12.0. The standard InChI is InChI=1S/C16H19NOS/c1-13-5-2-3-8-16(13)19-10-9-18-15-7-4-6-14(11-15)12-17/h2-8,11H,9-10,12,17H2,1H3. The molecule has 2 rings (SSSR count). The molecule has 0 bridgehead atoms. The van der Waals surface area contributed by atoms with Crippen LogP contribution in [0, 0.1) is 6.92 Å². The zero-order chi connectivity index (χ0) is 13.5. The number of nitrogens with two attached hydrogens (primary N) is 1. The van der Waals surface area contributed by atoms with Gasteiger partial charge in [0.1, 0.15) is 5.75 Å². The molecule has 0 aromatic heterocycles. The van der Waals surface area contributed by atoms with Crippen LogP contribution in [0.25, 0.3) is 0 Å². The van der Waals surface area contributed by atoms with E-state index in [0.29, 0.717) is 13.2 Å². The van der Waals surface area contributed by atoms with E-state index in [-0.39, 0.29) is 0 Å². The highest BCUT2D eigenvalue weighted by Gasteiger charge is 1.99. The van der Waals surface area contributed by atoms with E-state index >= 15 is 0 Å². The number of thioether (sulfide) groups is 1. The number of aryl methyl sites for hydroxylation is 1. The maximum atomic E-state index is 5.73. The quantitative estimate of drug-likeness (QED) is 0.645. The summed E-state index contributed by atoms with van der Waals surface area (Å²) < 4.78 is 5.73. The van der Waals surface area contributed by atoms with Gasteiger partial charge in [-0.2, -0.15) is 0 Å². The molecular weight excluding hydrogens is 254 g/mol. The number of hydrogen-bond acceptors (Lipinski definition) is 3. The second-order valence-corrected chi connectivity index (χ2v) is 5.45. The van der Waals surface area contributed by atoms with Crippen molar-refractivity contribution in [3.05, 3.63) is 59.7 Å². The Balaban J connectivity index is 1.79. The lowest BCUT2D eigenvalue weighted by Gasteiger charge is -2.08. The summed E-state index contributed by atoms with van der Waals surface area (Å²) in [4.78, 5) is 1.32. The number of rotatable bonds is 6. The molecule has 2 nitrogen and oxygen atoms in total. The molecule has 2 aromatic rings. The van der Waals surface area contributed by atoms with Gasteiger partial charge in [-0.25, -0.2) is 0 Å². The number of ether oxygens (including phenoxy) is 1. The molecule has 0 atom stereocenters. The van der Waals surface area contributed by atoms with Gasteiger partial charge < -0.3 is 10.5 Å². The average molecular weight is 273 g/mol. The van der Waals surface area contributed by atoms with Crippen molar-refractivity contribution in [3.8, 4) is 5.75 Å². The molecule has 0 aliphatic rings. The van der Waals surface area contributed by atoms with E-state index in [1.807, 2.05) is 36.0 Å². The fourth-order valence-corrected chi connectivity index (χ4v) is 2.65. The van der Waals surface area contributed by atoms with Crippen LogP contribution in [-0.2, 0) is 6.54 Å². The summed E-state index contributed by atoms with van der Waals surface area (Å²) in [5, 5.41) is 0. The summed E-state index contributed by atoms with van der Waals surface area (Å²) in [5.41, 5.74) is 8.02. The molecule has 0 unspecified atom stereocenters. The van der Waals surface area contributed by atoms with Crippen LogP contribution in [0.1, 0.15) is 11.1 Å². The van der Waals surface area contributed by atoms with E-state index in [2.05, 4.69) is 31.2 Å². The molecule has 0 saturated heterocycles. The molecule has 0 saturated carbocycles. The van der Waals surface area contributed by atoms with Gasteiger partial charge in [0.25, 0.3) is 0 Å². The molecule has 0 spiro atoms.